The SMILES string of the molecule is CCCCSCS/C(=C\C(C)Br)SNc1ccc(C(F)(F)F)c(O)c1. The molecule has 0 saturated carbocycles. The van der Waals surface area contributed by atoms with Crippen LogP contribution in [0.25, 0.3) is 0 Å². The Balaban J connectivity index is 2.62. The van der Waals surface area contributed by atoms with Gasteiger partial charge < -0.3 is 9.83 Å². The number of phenols is 1. The van der Waals surface area contributed by atoms with Crippen LogP contribution in [0, 0.1) is 0 Å². The van der Waals surface area contributed by atoms with E-state index in [4.69, 9.17) is 0 Å². The number of allylic oxidation sites excluding steroid dienone is 1. The van der Waals surface area contributed by atoms with Crippen LogP contribution in [0.15, 0.2) is 28.5 Å². The van der Waals surface area contributed by atoms with Crippen molar-refractivity contribution < 1.29 is 18.3 Å². The van der Waals surface area contributed by atoms with Gasteiger partial charge in [-0.25, -0.2) is 0 Å². The Hall–Kier alpha value is -0.120. The second kappa shape index (κ2) is 11.6. The third kappa shape index (κ3) is 9.40. The summed E-state index contributed by atoms with van der Waals surface area (Å²) in [6.45, 7) is 4.15. The first-order valence-electron chi connectivity index (χ1n) is 7.63. The molecule has 0 radical (unpaired) electrons. The van der Waals surface area contributed by atoms with Crippen molar-refractivity contribution in [1.82, 2.24) is 0 Å². The largest absolute Gasteiger partial charge is 0.507 e. The number of hydrogen-bond acceptors (Lipinski definition) is 5. The van der Waals surface area contributed by atoms with Gasteiger partial charge in [-0.1, -0.05) is 29.3 Å². The van der Waals surface area contributed by atoms with Crippen LogP contribution in [0.3, 0.4) is 0 Å². The number of anilines is 1. The van der Waals surface area contributed by atoms with E-state index in [-0.39, 0.29) is 4.83 Å². The minimum absolute atomic E-state index is 0.186. The fraction of sp³-hybridized carbons (Fsp3) is 0.500. The van der Waals surface area contributed by atoms with E-state index in [0.717, 1.165) is 27.2 Å². The van der Waals surface area contributed by atoms with Gasteiger partial charge in [0.15, 0.2) is 0 Å². The molecule has 9 heteroatoms. The van der Waals surface area contributed by atoms with Gasteiger partial charge in [-0.15, -0.1) is 11.8 Å². The summed E-state index contributed by atoms with van der Waals surface area (Å²) in [4.78, 5) is 0.186. The number of aromatic hydroxyl groups is 1. The Kier molecular flexibility index (Phi) is 10.6. The zero-order chi connectivity index (χ0) is 18.9. The highest BCUT2D eigenvalue weighted by molar-refractivity contribution is 9.09. The molecule has 0 aliphatic heterocycles. The van der Waals surface area contributed by atoms with Crippen LogP contribution in [0.5, 0.6) is 5.75 Å². The van der Waals surface area contributed by atoms with Crippen molar-refractivity contribution in [2.75, 3.05) is 15.6 Å². The van der Waals surface area contributed by atoms with E-state index in [9.17, 15) is 18.3 Å². The van der Waals surface area contributed by atoms with Crippen LogP contribution >= 0.6 is 51.4 Å². The second-order valence-electron chi connectivity index (χ2n) is 5.12. The molecule has 1 atom stereocenters. The number of benzene rings is 1. The van der Waals surface area contributed by atoms with Gasteiger partial charge in [0.1, 0.15) is 5.75 Å². The molecular formula is C16H21BrF3NOS3. The van der Waals surface area contributed by atoms with E-state index in [1.807, 2.05) is 24.8 Å². The molecule has 1 aromatic rings. The molecule has 0 fully saturated rings. The minimum atomic E-state index is -4.56. The van der Waals surface area contributed by atoms with Crippen molar-refractivity contribution in [3.63, 3.8) is 0 Å². The van der Waals surface area contributed by atoms with Crippen LogP contribution in [-0.4, -0.2) is 20.8 Å². The van der Waals surface area contributed by atoms with Crippen molar-refractivity contribution >= 4 is 57.1 Å². The van der Waals surface area contributed by atoms with Crippen molar-refractivity contribution in [2.24, 2.45) is 0 Å². The molecule has 2 nitrogen and oxygen atoms in total. The number of phenolic OH excluding ortho intramolecular Hbond substituents is 1. The number of unbranched alkanes of at least 4 members (excludes halogenated alkanes) is 1. The van der Waals surface area contributed by atoms with Crippen LogP contribution in [0.2, 0.25) is 0 Å². The summed E-state index contributed by atoms with van der Waals surface area (Å²) in [6, 6.07) is 3.28. The lowest BCUT2D eigenvalue weighted by Gasteiger charge is -2.13. The molecule has 25 heavy (non-hydrogen) atoms. The molecule has 0 aliphatic carbocycles. The molecular weight excluding hydrogens is 455 g/mol. The number of thioether (sulfide) groups is 2. The topological polar surface area (TPSA) is 32.3 Å². The zero-order valence-corrected chi connectivity index (χ0v) is 17.9. The molecule has 0 amide bonds. The van der Waals surface area contributed by atoms with Crippen molar-refractivity contribution in [3.05, 3.63) is 34.1 Å². The first-order chi connectivity index (χ1) is 11.7. The van der Waals surface area contributed by atoms with E-state index < -0.39 is 17.5 Å². The minimum Gasteiger partial charge on any atom is -0.507 e. The van der Waals surface area contributed by atoms with E-state index in [0.29, 0.717) is 5.69 Å². The second-order valence-corrected chi connectivity index (χ2v) is 10.2. The molecule has 2 N–H and O–H groups in total. The summed E-state index contributed by atoms with van der Waals surface area (Å²) >= 11 is 8.35. The highest BCUT2D eigenvalue weighted by Crippen LogP contribution is 2.38. The number of alkyl halides is 4. The molecule has 0 aromatic heterocycles. The van der Waals surface area contributed by atoms with Crippen molar-refractivity contribution in [3.8, 4) is 5.75 Å². The van der Waals surface area contributed by atoms with E-state index in [1.54, 1.807) is 11.8 Å². The number of halogens is 4. The molecule has 0 bridgehead atoms. The fourth-order valence-electron chi connectivity index (χ4n) is 1.65. The summed E-state index contributed by atoms with van der Waals surface area (Å²) in [6.07, 6.45) is -0.160. The maximum Gasteiger partial charge on any atom is 0.419 e. The quantitative estimate of drug-likeness (QED) is 0.160. The normalized spacial score (nSPS) is 13.8. The van der Waals surface area contributed by atoms with Crippen LogP contribution in [0.4, 0.5) is 18.9 Å². The van der Waals surface area contributed by atoms with Gasteiger partial charge in [0.25, 0.3) is 0 Å². The lowest BCUT2D eigenvalue weighted by Crippen LogP contribution is -2.05. The monoisotopic (exact) mass is 475 g/mol. The van der Waals surface area contributed by atoms with Gasteiger partial charge in [0.05, 0.1) is 9.80 Å². The first kappa shape index (κ1) is 22.9. The summed E-state index contributed by atoms with van der Waals surface area (Å²) in [5, 5.41) is 10.5. The van der Waals surface area contributed by atoms with E-state index >= 15 is 0 Å². The maximum absolute atomic E-state index is 12.7. The Labute approximate surface area is 168 Å². The summed E-state index contributed by atoms with van der Waals surface area (Å²) in [5.41, 5.74) is -0.613. The summed E-state index contributed by atoms with van der Waals surface area (Å²) in [7, 11) is 0. The third-order valence-corrected chi connectivity index (χ3v) is 6.54. The molecule has 1 aromatic carbocycles. The molecule has 0 saturated heterocycles. The Bertz CT molecular complexity index is 568. The predicted molar refractivity (Wildman–Crippen MR) is 111 cm³/mol. The Morgan fingerprint density at radius 3 is 2.68 bits per heavy atom. The lowest BCUT2D eigenvalue weighted by molar-refractivity contribution is -0.138. The standard InChI is InChI=1S/C16H21BrF3NOS3/c1-3-4-7-23-10-24-15(8-11(2)17)25-21-12-5-6-13(14(22)9-12)16(18,19)20/h5-6,8-9,11,21-22H,3-4,7,10H2,1-2H3/b15-8+. The van der Waals surface area contributed by atoms with Crippen molar-refractivity contribution in [2.45, 2.75) is 37.7 Å². The van der Waals surface area contributed by atoms with E-state index in [2.05, 4.69) is 27.6 Å². The Morgan fingerprint density at radius 2 is 2.12 bits per heavy atom. The fourth-order valence-corrected chi connectivity index (χ4v) is 5.74. The molecule has 0 heterocycles. The van der Waals surface area contributed by atoms with Crippen LogP contribution in [0.1, 0.15) is 32.3 Å². The number of rotatable bonds is 10. The molecule has 0 spiro atoms. The molecule has 142 valence electrons. The average Bonchev–Trinajstić information content (AvgIpc) is 2.50. The third-order valence-electron chi connectivity index (χ3n) is 2.87. The molecule has 0 aliphatic rings. The Morgan fingerprint density at radius 1 is 1.40 bits per heavy atom. The molecule has 1 unspecified atom stereocenters. The van der Waals surface area contributed by atoms with Gasteiger partial charge in [-0.05, 0) is 49.3 Å². The van der Waals surface area contributed by atoms with Crippen LogP contribution < -0.4 is 4.72 Å². The zero-order valence-electron chi connectivity index (χ0n) is 13.9. The number of nitrogens with one attached hydrogen (secondary N) is 1. The van der Waals surface area contributed by atoms with Gasteiger partial charge in [-0.2, -0.15) is 24.9 Å². The van der Waals surface area contributed by atoms with Crippen LogP contribution in [-0.2, 0) is 6.18 Å². The van der Waals surface area contributed by atoms with E-state index in [1.165, 1.54) is 30.9 Å². The summed E-state index contributed by atoms with van der Waals surface area (Å²) in [5.74, 6) is 0.339. The number of hydrogen-bond donors (Lipinski definition) is 2. The highest BCUT2D eigenvalue weighted by Gasteiger charge is 2.33. The molecule has 1 rings (SSSR count). The van der Waals surface area contributed by atoms with Crippen molar-refractivity contribution in [1.29, 1.82) is 0 Å². The smallest absolute Gasteiger partial charge is 0.419 e. The highest BCUT2D eigenvalue weighted by atomic mass is 79.9. The van der Waals surface area contributed by atoms with Gasteiger partial charge >= 0.3 is 6.18 Å². The van der Waals surface area contributed by atoms with Gasteiger partial charge in [0.2, 0.25) is 0 Å². The predicted octanol–water partition coefficient (Wildman–Crippen LogP) is 7.32. The average molecular weight is 476 g/mol. The maximum atomic E-state index is 12.7. The first-order valence-corrected chi connectivity index (χ1v) is 11.5. The lowest BCUT2D eigenvalue weighted by atomic mass is 10.2. The van der Waals surface area contributed by atoms with Gasteiger partial charge in [-0.3, -0.25) is 0 Å². The summed E-state index contributed by atoms with van der Waals surface area (Å²) < 4.78 is 42.0. The van der Waals surface area contributed by atoms with Gasteiger partial charge in [0, 0.05) is 21.7 Å².